The van der Waals surface area contributed by atoms with Gasteiger partial charge in [-0.05, 0) is 44.2 Å². The maximum absolute atomic E-state index is 12.2. The van der Waals surface area contributed by atoms with Gasteiger partial charge in [-0.2, -0.15) is 0 Å². The topological polar surface area (TPSA) is 58.9 Å². The molecule has 0 radical (unpaired) electrons. The lowest BCUT2D eigenvalue weighted by atomic mass is 9.97. The molecule has 1 aliphatic rings. The highest BCUT2D eigenvalue weighted by molar-refractivity contribution is 5.76. The summed E-state index contributed by atoms with van der Waals surface area (Å²) in [6, 6.07) is 14.0. The highest BCUT2D eigenvalue weighted by atomic mass is 16.3. The molecule has 1 aliphatic carbocycles. The first-order chi connectivity index (χ1) is 12.3. The normalized spacial score (nSPS) is 15.4. The highest BCUT2D eigenvalue weighted by Gasteiger charge is 2.21. The molecule has 2 aromatic rings. The Morgan fingerprint density at radius 2 is 2.04 bits per heavy atom. The van der Waals surface area contributed by atoms with Crippen LogP contribution in [0.4, 0.5) is 0 Å². The molecule has 0 unspecified atom stereocenters. The number of rotatable bonds is 8. The Bertz CT molecular complexity index is 677. The standard InChI is InChI=1S/C21H26N2O2/c24-20(22-14-13-17-8-3-1-4-9-17)16-23-21(19-12-7-15-25-19)18-10-5-2-6-11-18/h2,5-8,10-12,15,21,23H,1,3-4,9,13-14,16H2,(H,22,24)/p+1/t21-/m1/s1. The third-order valence-corrected chi connectivity index (χ3v) is 4.70. The fourth-order valence-corrected chi connectivity index (χ4v) is 3.34. The molecule has 0 fully saturated rings. The van der Waals surface area contributed by atoms with E-state index in [0.717, 1.165) is 24.3 Å². The van der Waals surface area contributed by atoms with E-state index in [1.807, 2.05) is 35.6 Å². The molecule has 4 heteroatoms. The number of carbonyl (C=O) groups is 1. The number of carbonyl (C=O) groups excluding carboxylic acids is 1. The first-order valence-corrected chi connectivity index (χ1v) is 9.19. The maximum Gasteiger partial charge on any atom is 0.275 e. The number of hydrogen-bond acceptors (Lipinski definition) is 2. The third kappa shape index (κ3) is 5.33. The molecule has 1 aromatic carbocycles. The van der Waals surface area contributed by atoms with E-state index in [9.17, 15) is 4.79 Å². The van der Waals surface area contributed by atoms with Gasteiger partial charge in [0.2, 0.25) is 0 Å². The van der Waals surface area contributed by atoms with Gasteiger partial charge < -0.3 is 15.1 Å². The summed E-state index contributed by atoms with van der Waals surface area (Å²) in [6.07, 6.45) is 9.97. The van der Waals surface area contributed by atoms with Crippen molar-refractivity contribution in [3.8, 4) is 0 Å². The first-order valence-electron chi connectivity index (χ1n) is 9.19. The summed E-state index contributed by atoms with van der Waals surface area (Å²) in [6.45, 7) is 1.12. The van der Waals surface area contributed by atoms with E-state index < -0.39 is 0 Å². The molecule has 0 spiro atoms. The summed E-state index contributed by atoms with van der Waals surface area (Å²) >= 11 is 0. The Morgan fingerprint density at radius 1 is 1.16 bits per heavy atom. The summed E-state index contributed by atoms with van der Waals surface area (Å²) in [5.41, 5.74) is 2.63. The number of amides is 1. The molecule has 1 aromatic heterocycles. The quantitative estimate of drug-likeness (QED) is 0.727. The molecular weight excluding hydrogens is 312 g/mol. The molecule has 0 saturated carbocycles. The van der Waals surface area contributed by atoms with Crippen LogP contribution >= 0.6 is 0 Å². The predicted octanol–water partition coefficient (Wildman–Crippen LogP) is 2.94. The largest absolute Gasteiger partial charge is 0.463 e. The summed E-state index contributed by atoms with van der Waals surface area (Å²) in [5.74, 6) is 0.940. The molecule has 3 rings (SSSR count). The number of nitrogens with one attached hydrogen (secondary N) is 1. The van der Waals surface area contributed by atoms with E-state index in [2.05, 4.69) is 23.5 Å². The van der Waals surface area contributed by atoms with Crippen molar-refractivity contribution in [2.24, 2.45) is 0 Å². The van der Waals surface area contributed by atoms with Crippen molar-refractivity contribution in [3.63, 3.8) is 0 Å². The number of hydrogen-bond donors (Lipinski definition) is 2. The molecule has 0 bridgehead atoms. The maximum atomic E-state index is 12.2. The van der Waals surface area contributed by atoms with Gasteiger partial charge in [-0.3, -0.25) is 4.79 Å². The second kappa shape index (κ2) is 9.23. The Labute approximate surface area is 149 Å². The van der Waals surface area contributed by atoms with Crippen LogP contribution in [0.1, 0.15) is 49.5 Å². The molecule has 1 atom stereocenters. The van der Waals surface area contributed by atoms with Crippen LogP contribution in [0.2, 0.25) is 0 Å². The van der Waals surface area contributed by atoms with E-state index in [-0.39, 0.29) is 11.9 Å². The first kappa shape index (κ1) is 17.5. The Balaban J connectivity index is 1.49. The van der Waals surface area contributed by atoms with Crippen LogP contribution in [0.3, 0.4) is 0 Å². The van der Waals surface area contributed by atoms with Crippen molar-refractivity contribution in [2.45, 2.75) is 38.1 Å². The zero-order valence-corrected chi connectivity index (χ0v) is 14.6. The molecule has 0 aliphatic heterocycles. The van der Waals surface area contributed by atoms with Crippen LogP contribution in [-0.2, 0) is 4.79 Å². The van der Waals surface area contributed by atoms with Crippen LogP contribution in [0, 0.1) is 0 Å². The number of benzene rings is 1. The molecule has 3 N–H and O–H groups in total. The second-order valence-corrected chi connectivity index (χ2v) is 6.55. The molecular formula is C21H27N2O2+. The van der Waals surface area contributed by atoms with E-state index in [1.54, 1.807) is 6.26 Å². The lowest BCUT2D eigenvalue weighted by molar-refractivity contribution is -0.678. The minimum absolute atomic E-state index is 0.00278. The Hall–Kier alpha value is -2.33. The molecule has 132 valence electrons. The lowest BCUT2D eigenvalue weighted by Crippen LogP contribution is -2.87. The van der Waals surface area contributed by atoms with Gasteiger partial charge in [0.05, 0.1) is 6.26 Å². The summed E-state index contributed by atoms with van der Waals surface area (Å²) in [4.78, 5) is 12.2. The van der Waals surface area contributed by atoms with Crippen LogP contribution in [0.15, 0.2) is 64.8 Å². The third-order valence-electron chi connectivity index (χ3n) is 4.70. The number of nitrogens with two attached hydrogens (primary N) is 1. The van der Waals surface area contributed by atoms with Crippen LogP contribution in [0.25, 0.3) is 0 Å². The summed E-state index contributed by atoms with van der Waals surface area (Å²) < 4.78 is 5.57. The molecule has 1 amide bonds. The fourth-order valence-electron chi connectivity index (χ4n) is 3.34. The van der Waals surface area contributed by atoms with E-state index in [1.165, 1.54) is 31.3 Å². The van der Waals surface area contributed by atoms with Gasteiger partial charge in [-0.15, -0.1) is 0 Å². The number of quaternary nitrogens is 1. The fraction of sp³-hybridized carbons (Fsp3) is 0.381. The molecule has 1 heterocycles. The number of furan rings is 1. The van der Waals surface area contributed by atoms with Gasteiger partial charge in [0.15, 0.2) is 18.3 Å². The minimum atomic E-state index is 0.00278. The lowest BCUT2D eigenvalue weighted by Gasteiger charge is -2.15. The number of allylic oxidation sites excluding steroid dienone is 1. The van der Waals surface area contributed by atoms with Crippen LogP contribution in [0.5, 0.6) is 0 Å². The smallest absolute Gasteiger partial charge is 0.275 e. The monoisotopic (exact) mass is 339 g/mol. The average Bonchev–Trinajstić information content (AvgIpc) is 3.18. The van der Waals surface area contributed by atoms with Gasteiger partial charge in [-0.1, -0.05) is 42.0 Å². The minimum Gasteiger partial charge on any atom is -0.463 e. The van der Waals surface area contributed by atoms with E-state index in [0.29, 0.717) is 6.54 Å². The van der Waals surface area contributed by atoms with Gasteiger partial charge >= 0.3 is 0 Å². The average molecular weight is 339 g/mol. The van der Waals surface area contributed by atoms with Gasteiger partial charge in [0, 0.05) is 12.1 Å². The zero-order chi connectivity index (χ0) is 17.3. The van der Waals surface area contributed by atoms with Gasteiger partial charge in [0.1, 0.15) is 0 Å². The van der Waals surface area contributed by atoms with Crippen LogP contribution in [-0.4, -0.2) is 19.0 Å². The summed E-state index contributed by atoms with van der Waals surface area (Å²) in [5, 5.41) is 5.07. The van der Waals surface area contributed by atoms with Crippen molar-refractivity contribution >= 4 is 5.91 Å². The van der Waals surface area contributed by atoms with Crippen molar-refractivity contribution in [3.05, 3.63) is 71.7 Å². The predicted molar refractivity (Wildman–Crippen MR) is 98.0 cm³/mol. The highest BCUT2D eigenvalue weighted by Crippen LogP contribution is 2.19. The van der Waals surface area contributed by atoms with Gasteiger partial charge in [0.25, 0.3) is 5.91 Å². The molecule has 0 saturated heterocycles. The van der Waals surface area contributed by atoms with E-state index in [4.69, 9.17) is 4.42 Å². The van der Waals surface area contributed by atoms with Crippen molar-refractivity contribution in [1.82, 2.24) is 5.32 Å². The van der Waals surface area contributed by atoms with Crippen molar-refractivity contribution in [1.29, 1.82) is 0 Å². The van der Waals surface area contributed by atoms with E-state index >= 15 is 0 Å². The second-order valence-electron chi connectivity index (χ2n) is 6.55. The SMILES string of the molecule is O=C(C[NH2+][C@H](c1ccccc1)c1ccco1)NCCC1=CCCCC1. The Kier molecular flexibility index (Phi) is 6.46. The van der Waals surface area contributed by atoms with Gasteiger partial charge in [-0.25, -0.2) is 0 Å². The zero-order valence-electron chi connectivity index (χ0n) is 14.6. The molecule has 4 nitrogen and oxygen atoms in total. The summed E-state index contributed by atoms with van der Waals surface area (Å²) in [7, 11) is 0. The van der Waals surface area contributed by atoms with Crippen LogP contribution < -0.4 is 10.6 Å². The van der Waals surface area contributed by atoms with Crippen molar-refractivity contribution < 1.29 is 14.5 Å². The molecule has 25 heavy (non-hydrogen) atoms. The Morgan fingerprint density at radius 3 is 2.76 bits per heavy atom. The van der Waals surface area contributed by atoms with Crippen molar-refractivity contribution in [2.75, 3.05) is 13.1 Å².